The molecular formula is C18H19FN2O2S. The van der Waals surface area contributed by atoms with Crippen LogP contribution in [-0.4, -0.2) is 17.2 Å². The van der Waals surface area contributed by atoms with Crippen LogP contribution in [0.4, 0.5) is 15.8 Å². The molecule has 3 rings (SSSR count). The third-order valence-corrected chi connectivity index (χ3v) is 5.19. The number of nitrogens with zero attached hydrogens (tertiary/aromatic N) is 2. The van der Waals surface area contributed by atoms with Crippen molar-refractivity contribution >= 4 is 23.1 Å². The highest BCUT2D eigenvalue weighted by Crippen LogP contribution is 2.37. The van der Waals surface area contributed by atoms with Crippen LogP contribution in [0.15, 0.2) is 35.2 Å². The first-order valence-electron chi connectivity index (χ1n) is 7.93. The van der Waals surface area contributed by atoms with Gasteiger partial charge in [-0.25, -0.2) is 4.39 Å². The van der Waals surface area contributed by atoms with Crippen LogP contribution in [0.3, 0.4) is 0 Å². The van der Waals surface area contributed by atoms with Gasteiger partial charge in [0.1, 0.15) is 5.82 Å². The normalized spacial score (nSPS) is 13.7. The Morgan fingerprint density at radius 2 is 2.08 bits per heavy atom. The van der Waals surface area contributed by atoms with E-state index >= 15 is 0 Å². The quantitative estimate of drug-likeness (QED) is 0.457. The number of aryl methyl sites for hydroxylation is 1. The molecule has 0 aromatic heterocycles. The van der Waals surface area contributed by atoms with Crippen LogP contribution < -0.4 is 4.90 Å². The van der Waals surface area contributed by atoms with E-state index in [9.17, 15) is 14.5 Å². The molecule has 0 atom stereocenters. The summed E-state index contributed by atoms with van der Waals surface area (Å²) in [5, 5.41) is 11.3. The highest BCUT2D eigenvalue weighted by atomic mass is 32.2. The second-order valence-electron chi connectivity index (χ2n) is 5.88. The zero-order valence-corrected chi connectivity index (χ0v) is 14.5. The van der Waals surface area contributed by atoms with Crippen LogP contribution in [0.5, 0.6) is 0 Å². The third kappa shape index (κ3) is 3.24. The molecule has 0 N–H and O–H groups in total. The molecule has 0 radical (unpaired) electrons. The summed E-state index contributed by atoms with van der Waals surface area (Å²) in [6.07, 6.45) is 0.777. The smallest absolute Gasteiger partial charge is 0.285 e. The molecule has 0 bridgehead atoms. The molecule has 0 fully saturated rings. The zero-order valence-electron chi connectivity index (χ0n) is 13.7. The van der Waals surface area contributed by atoms with Gasteiger partial charge in [-0.1, -0.05) is 13.0 Å². The van der Waals surface area contributed by atoms with E-state index in [4.69, 9.17) is 0 Å². The van der Waals surface area contributed by atoms with Crippen LogP contribution in [0.1, 0.15) is 23.6 Å². The summed E-state index contributed by atoms with van der Waals surface area (Å²) >= 11 is 1.49. The fourth-order valence-electron chi connectivity index (χ4n) is 3.15. The van der Waals surface area contributed by atoms with Crippen molar-refractivity contribution in [3.63, 3.8) is 0 Å². The van der Waals surface area contributed by atoms with Gasteiger partial charge in [0, 0.05) is 24.3 Å². The summed E-state index contributed by atoms with van der Waals surface area (Å²) in [6.45, 7) is 5.25. The molecule has 24 heavy (non-hydrogen) atoms. The van der Waals surface area contributed by atoms with Gasteiger partial charge in [-0.3, -0.25) is 10.1 Å². The summed E-state index contributed by atoms with van der Waals surface area (Å²) in [7, 11) is 0. The van der Waals surface area contributed by atoms with E-state index in [2.05, 4.69) is 4.90 Å². The number of fused-ring (bicyclic) bond motifs is 1. The lowest BCUT2D eigenvalue weighted by Gasteiger charge is -2.31. The molecular weight excluding hydrogens is 327 g/mol. The summed E-state index contributed by atoms with van der Waals surface area (Å²) in [5.74, 6) is 0.585. The van der Waals surface area contributed by atoms with E-state index in [0.717, 1.165) is 35.5 Å². The van der Waals surface area contributed by atoms with E-state index in [1.807, 2.05) is 25.1 Å². The van der Waals surface area contributed by atoms with E-state index in [1.54, 1.807) is 13.0 Å². The van der Waals surface area contributed by atoms with Crippen molar-refractivity contribution in [1.82, 2.24) is 0 Å². The number of halogens is 1. The first-order chi connectivity index (χ1) is 11.5. The SMILES string of the molecule is CCSc1cc(N2CCc3cc(F)ccc3C2)cc(C)c1[N+](=O)[O-]. The lowest BCUT2D eigenvalue weighted by Crippen LogP contribution is -2.30. The van der Waals surface area contributed by atoms with E-state index in [-0.39, 0.29) is 16.4 Å². The van der Waals surface area contributed by atoms with Gasteiger partial charge < -0.3 is 4.90 Å². The van der Waals surface area contributed by atoms with Crippen molar-refractivity contribution in [2.45, 2.75) is 31.7 Å². The Labute approximate surface area is 144 Å². The summed E-state index contributed by atoms with van der Waals surface area (Å²) in [5.41, 5.74) is 4.03. The minimum absolute atomic E-state index is 0.199. The Bertz CT molecular complexity index is 795. The minimum Gasteiger partial charge on any atom is -0.367 e. The van der Waals surface area contributed by atoms with Crippen LogP contribution in [0.2, 0.25) is 0 Å². The Kier molecular flexibility index (Phi) is 4.76. The number of benzene rings is 2. The van der Waals surface area contributed by atoms with Crippen LogP contribution in [-0.2, 0) is 13.0 Å². The maximum absolute atomic E-state index is 13.3. The molecule has 1 heterocycles. The summed E-state index contributed by atoms with van der Waals surface area (Å²) in [6, 6.07) is 8.71. The monoisotopic (exact) mass is 346 g/mol. The van der Waals surface area contributed by atoms with Gasteiger partial charge in [0.2, 0.25) is 0 Å². The van der Waals surface area contributed by atoms with Crippen molar-refractivity contribution in [3.8, 4) is 0 Å². The summed E-state index contributed by atoms with van der Waals surface area (Å²) in [4.78, 5) is 14.0. The van der Waals surface area contributed by atoms with Gasteiger partial charge >= 0.3 is 0 Å². The maximum atomic E-state index is 13.3. The Balaban J connectivity index is 1.95. The fraction of sp³-hybridized carbons (Fsp3) is 0.333. The molecule has 0 spiro atoms. The topological polar surface area (TPSA) is 46.4 Å². The molecule has 6 heteroatoms. The molecule has 0 saturated heterocycles. The summed E-state index contributed by atoms with van der Waals surface area (Å²) < 4.78 is 13.3. The first kappa shape index (κ1) is 16.8. The van der Waals surface area contributed by atoms with Crippen LogP contribution >= 0.6 is 11.8 Å². The largest absolute Gasteiger partial charge is 0.367 e. The van der Waals surface area contributed by atoms with Gasteiger partial charge in [0.05, 0.1) is 9.82 Å². The highest BCUT2D eigenvalue weighted by Gasteiger charge is 2.23. The van der Waals surface area contributed by atoms with Crippen LogP contribution in [0.25, 0.3) is 0 Å². The van der Waals surface area contributed by atoms with Gasteiger partial charge in [0.25, 0.3) is 5.69 Å². The van der Waals surface area contributed by atoms with Crippen molar-refractivity contribution in [1.29, 1.82) is 0 Å². The van der Waals surface area contributed by atoms with Gasteiger partial charge in [-0.15, -0.1) is 11.8 Å². The second-order valence-corrected chi connectivity index (χ2v) is 7.19. The zero-order chi connectivity index (χ0) is 17.3. The average Bonchev–Trinajstić information content (AvgIpc) is 2.53. The third-order valence-electron chi connectivity index (χ3n) is 4.28. The number of nitro benzene ring substituents is 1. The number of thioether (sulfide) groups is 1. The molecule has 1 aliphatic heterocycles. The van der Waals surface area contributed by atoms with Gasteiger partial charge in [-0.2, -0.15) is 0 Å². The van der Waals surface area contributed by atoms with Crippen molar-refractivity contribution in [2.24, 2.45) is 0 Å². The minimum atomic E-state index is -0.300. The lowest BCUT2D eigenvalue weighted by atomic mass is 9.99. The number of nitro groups is 1. The van der Waals surface area contributed by atoms with Gasteiger partial charge in [0.15, 0.2) is 0 Å². The van der Waals surface area contributed by atoms with E-state index in [1.165, 1.54) is 17.8 Å². The molecule has 1 aliphatic rings. The van der Waals surface area contributed by atoms with E-state index in [0.29, 0.717) is 17.0 Å². The predicted molar refractivity (Wildman–Crippen MR) is 95.4 cm³/mol. The number of hydrogen-bond acceptors (Lipinski definition) is 4. The molecule has 0 aliphatic carbocycles. The number of anilines is 1. The molecule has 126 valence electrons. The second kappa shape index (κ2) is 6.81. The maximum Gasteiger partial charge on any atom is 0.285 e. The number of rotatable bonds is 4. The molecule has 2 aromatic carbocycles. The van der Waals surface area contributed by atoms with Crippen molar-refractivity contribution in [2.75, 3.05) is 17.2 Å². The van der Waals surface area contributed by atoms with Crippen molar-refractivity contribution in [3.05, 3.63) is 63.0 Å². The first-order valence-corrected chi connectivity index (χ1v) is 8.92. The Hall–Kier alpha value is -2.08. The molecule has 2 aromatic rings. The predicted octanol–water partition coefficient (Wildman–Crippen LogP) is 4.72. The Morgan fingerprint density at radius 3 is 2.79 bits per heavy atom. The Morgan fingerprint density at radius 1 is 1.29 bits per heavy atom. The van der Waals surface area contributed by atoms with Crippen molar-refractivity contribution < 1.29 is 9.31 Å². The fourth-order valence-corrected chi connectivity index (χ4v) is 4.04. The van der Waals surface area contributed by atoms with E-state index < -0.39 is 0 Å². The van der Waals surface area contributed by atoms with Gasteiger partial charge in [-0.05, 0) is 54.5 Å². The molecule has 0 saturated carbocycles. The highest BCUT2D eigenvalue weighted by molar-refractivity contribution is 7.99. The molecule has 0 amide bonds. The molecule has 0 unspecified atom stereocenters. The standard InChI is InChI=1S/C18H19FN2O2S/c1-3-24-17-10-16(8-12(2)18(17)21(22)23)20-7-6-13-9-15(19)5-4-14(13)11-20/h4-5,8-10H,3,6-7,11H2,1-2H3. The average molecular weight is 346 g/mol. The van der Waals surface area contributed by atoms with Crippen LogP contribution in [0, 0.1) is 22.9 Å². The number of hydrogen-bond donors (Lipinski definition) is 0. The lowest BCUT2D eigenvalue weighted by molar-refractivity contribution is -0.388. The molecule has 4 nitrogen and oxygen atoms in total.